The molecule has 0 N–H and O–H groups in total. The van der Waals surface area contributed by atoms with Crippen LogP contribution in [-0.2, 0) is 20.1 Å². The van der Waals surface area contributed by atoms with E-state index in [0.717, 1.165) is 22.2 Å². The zero-order valence-corrected chi connectivity index (χ0v) is 23.2. The van der Waals surface area contributed by atoms with Crippen molar-refractivity contribution in [2.24, 2.45) is 7.05 Å². The van der Waals surface area contributed by atoms with Gasteiger partial charge in [0.1, 0.15) is 11.4 Å². The van der Waals surface area contributed by atoms with Gasteiger partial charge in [0.2, 0.25) is 0 Å². The van der Waals surface area contributed by atoms with Gasteiger partial charge in [0, 0.05) is 49.3 Å². The van der Waals surface area contributed by atoms with E-state index in [4.69, 9.17) is 9.47 Å². The Kier molecular flexibility index (Phi) is 7.40. The molecule has 1 aliphatic rings. The van der Waals surface area contributed by atoms with Crippen LogP contribution in [-0.4, -0.2) is 45.8 Å². The number of carbonyl (C=O) groups excluding carboxylic acids is 2. The van der Waals surface area contributed by atoms with Crippen LogP contribution < -0.4 is 19.3 Å². The Bertz CT molecular complexity index is 1630. The van der Waals surface area contributed by atoms with E-state index in [1.807, 2.05) is 13.1 Å². The maximum absolute atomic E-state index is 15.5. The molecule has 41 heavy (non-hydrogen) atoms. The van der Waals surface area contributed by atoms with Gasteiger partial charge < -0.3 is 9.47 Å². The number of fused-ring (bicyclic) bond motifs is 1. The quantitative estimate of drug-likeness (QED) is 0.271. The molecular formula is C29H28F2N6O4. The molecule has 4 heterocycles. The van der Waals surface area contributed by atoms with E-state index in [1.54, 1.807) is 43.0 Å². The third-order valence-electron chi connectivity index (χ3n) is 6.93. The monoisotopic (exact) mass is 562 g/mol. The largest absolute Gasteiger partial charge is 0.493 e. The Labute approximate surface area is 235 Å². The van der Waals surface area contributed by atoms with Gasteiger partial charge in [-0.25, -0.2) is 13.6 Å². The number of halogens is 2. The van der Waals surface area contributed by atoms with Crippen molar-refractivity contribution >= 4 is 23.2 Å². The van der Waals surface area contributed by atoms with Crippen LogP contribution in [0.1, 0.15) is 40.7 Å². The molecule has 10 nitrogen and oxygen atoms in total. The molecule has 0 saturated carbocycles. The van der Waals surface area contributed by atoms with Gasteiger partial charge in [0.25, 0.3) is 0 Å². The topological polar surface area (TPSA) is 103 Å². The number of anilines is 2. The highest BCUT2D eigenvalue weighted by Crippen LogP contribution is 2.41. The summed E-state index contributed by atoms with van der Waals surface area (Å²) in [6.45, 7) is 3.46. The number of urea groups is 1. The highest BCUT2D eigenvalue weighted by Gasteiger charge is 2.37. The SMILES string of the molecule is CCC(=O)c1ccc(CN2C(=O)N(c3c(F)c(OC)cc(OC)c3F)Cc3cnc(-c4cn(C)nc4C)cc32)cn1. The molecule has 0 radical (unpaired) electrons. The van der Waals surface area contributed by atoms with Gasteiger partial charge in [0.05, 0.1) is 44.4 Å². The molecule has 3 aromatic heterocycles. The Balaban J connectivity index is 1.64. The normalized spacial score (nSPS) is 12.9. The molecule has 212 valence electrons. The first kappa shape index (κ1) is 27.7. The van der Waals surface area contributed by atoms with Crippen LogP contribution in [0.15, 0.2) is 42.9 Å². The second kappa shape index (κ2) is 11.0. The smallest absolute Gasteiger partial charge is 0.329 e. The van der Waals surface area contributed by atoms with Gasteiger partial charge in [-0.3, -0.25) is 29.2 Å². The second-order valence-electron chi connectivity index (χ2n) is 9.54. The van der Waals surface area contributed by atoms with Crippen molar-refractivity contribution in [2.75, 3.05) is 24.0 Å². The van der Waals surface area contributed by atoms with Crippen molar-refractivity contribution < 1.29 is 27.8 Å². The van der Waals surface area contributed by atoms with Crippen molar-refractivity contribution in [1.82, 2.24) is 19.7 Å². The van der Waals surface area contributed by atoms with E-state index < -0.39 is 23.4 Å². The minimum absolute atomic E-state index is 0.00967. The molecule has 0 saturated heterocycles. The lowest BCUT2D eigenvalue weighted by molar-refractivity contribution is 0.0983. The van der Waals surface area contributed by atoms with Gasteiger partial charge in [0.15, 0.2) is 28.9 Å². The van der Waals surface area contributed by atoms with Crippen LogP contribution in [0.5, 0.6) is 11.5 Å². The minimum atomic E-state index is -1.04. The molecule has 0 atom stereocenters. The summed E-state index contributed by atoms with van der Waals surface area (Å²) in [6, 6.07) is 5.46. The number of Topliss-reactive ketones (excluding diaryl/α,β-unsaturated/α-hetero) is 1. The summed E-state index contributed by atoms with van der Waals surface area (Å²) in [5, 5.41) is 4.38. The molecule has 2 amide bonds. The predicted octanol–water partition coefficient (Wildman–Crippen LogP) is 5.22. The maximum atomic E-state index is 15.5. The van der Waals surface area contributed by atoms with Crippen LogP contribution in [0.4, 0.5) is 25.0 Å². The van der Waals surface area contributed by atoms with Crippen molar-refractivity contribution in [3.05, 3.63) is 77.0 Å². The van der Waals surface area contributed by atoms with Crippen molar-refractivity contribution in [2.45, 2.75) is 33.4 Å². The summed E-state index contributed by atoms with van der Waals surface area (Å²) in [6.07, 6.45) is 5.23. The number of rotatable bonds is 8. The lowest BCUT2D eigenvalue weighted by Crippen LogP contribution is -2.47. The number of hydrogen-bond donors (Lipinski definition) is 0. The van der Waals surface area contributed by atoms with E-state index in [9.17, 15) is 9.59 Å². The first-order valence-corrected chi connectivity index (χ1v) is 12.8. The number of pyridine rings is 2. The molecule has 4 aromatic rings. The van der Waals surface area contributed by atoms with Crippen LogP contribution in [0.2, 0.25) is 0 Å². The lowest BCUT2D eigenvalue weighted by atomic mass is 10.1. The standard InChI is InChI=1S/C29H28F2N6O4/c1-6-23(38)20-8-7-17(11-32-20)13-36-22-9-21(19-15-35(3)34-16(19)2)33-12-18(22)14-37(29(36)39)28-26(30)24(40-4)10-25(41-5)27(28)31/h7-12,15H,6,13-14H2,1-5H3. The molecule has 1 aromatic carbocycles. The summed E-state index contributed by atoms with van der Waals surface area (Å²) < 4.78 is 42.9. The fourth-order valence-electron chi connectivity index (χ4n) is 4.81. The first-order chi connectivity index (χ1) is 19.7. The molecule has 0 unspecified atom stereocenters. The fraction of sp³-hybridized carbons (Fsp3) is 0.276. The number of carbonyl (C=O) groups is 2. The maximum Gasteiger partial charge on any atom is 0.329 e. The summed E-state index contributed by atoms with van der Waals surface area (Å²) in [5.41, 5.74) is 3.52. The number of amides is 2. The van der Waals surface area contributed by atoms with Gasteiger partial charge >= 0.3 is 6.03 Å². The molecule has 1 aliphatic heterocycles. The first-order valence-electron chi connectivity index (χ1n) is 12.8. The van der Waals surface area contributed by atoms with Crippen LogP contribution in [0, 0.1) is 18.6 Å². The van der Waals surface area contributed by atoms with E-state index >= 15 is 8.78 Å². The van der Waals surface area contributed by atoms with Gasteiger partial charge in [-0.15, -0.1) is 0 Å². The molecule has 0 bridgehead atoms. The predicted molar refractivity (Wildman–Crippen MR) is 147 cm³/mol. The Morgan fingerprint density at radius 1 is 1.05 bits per heavy atom. The molecule has 0 spiro atoms. The molecule has 5 rings (SSSR count). The van der Waals surface area contributed by atoms with Gasteiger partial charge in [-0.05, 0) is 24.6 Å². The van der Waals surface area contributed by atoms with E-state index in [0.29, 0.717) is 34.6 Å². The van der Waals surface area contributed by atoms with Gasteiger partial charge in [-0.2, -0.15) is 5.10 Å². The minimum Gasteiger partial charge on any atom is -0.493 e. The van der Waals surface area contributed by atoms with Crippen molar-refractivity contribution in [1.29, 1.82) is 0 Å². The number of ketones is 1. The molecule has 0 fully saturated rings. The van der Waals surface area contributed by atoms with Crippen LogP contribution in [0.25, 0.3) is 11.3 Å². The van der Waals surface area contributed by atoms with Crippen molar-refractivity contribution in [3.8, 4) is 22.8 Å². The zero-order chi connectivity index (χ0) is 29.4. The summed E-state index contributed by atoms with van der Waals surface area (Å²) >= 11 is 0. The second-order valence-corrected chi connectivity index (χ2v) is 9.54. The van der Waals surface area contributed by atoms with E-state index in [2.05, 4.69) is 15.1 Å². The number of benzene rings is 1. The third-order valence-corrected chi connectivity index (χ3v) is 6.93. The summed E-state index contributed by atoms with van der Waals surface area (Å²) in [5.74, 6) is -2.74. The average Bonchev–Trinajstić information content (AvgIpc) is 3.32. The van der Waals surface area contributed by atoms with Crippen LogP contribution in [0.3, 0.4) is 0 Å². The number of methoxy groups -OCH3 is 2. The number of hydrogen-bond acceptors (Lipinski definition) is 7. The number of nitrogens with zero attached hydrogens (tertiary/aromatic N) is 6. The highest BCUT2D eigenvalue weighted by molar-refractivity contribution is 6.06. The Morgan fingerprint density at radius 2 is 1.76 bits per heavy atom. The fourth-order valence-corrected chi connectivity index (χ4v) is 4.81. The Morgan fingerprint density at radius 3 is 2.32 bits per heavy atom. The molecular weight excluding hydrogens is 534 g/mol. The number of aromatic nitrogens is 4. The summed E-state index contributed by atoms with van der Waals surface area (Å²) in [7, 11) is 4.28. The lowest BCUT2D eigenvalue weighted by Gasteiger charge is -2.37. The Hall–Kier alpha value is -4.87. The van der Waals surface area contributed by atoms with Gasteiger partial charge in [-0.1, -0.05) is 13.0 Å². The van der Waals surface area contributed by atoms with E-state index in [1.165, 1.54) is 25.3 Å². The molecule has 0 aliphatic carbocycles. The van der Waals surface area contributed by atoms with Crippen LogP contribution >= 0.6 is 0 Å². The van der Waals surface area contributed by atoms with Crippen molar-refractivity contribution in [3.63, 3.8) is 0 Å². The molecule has 12 heteroatoms. The van der Waals surface area contributed by atoms with E-state index in [-0.39, 0.29) is 30.4 Å². The number of aryl methyl sites for hydroxylation is 2. The average molecular weight is 563 g/mol. The number of ether oxygens (including phenoxy) is 2. The highest BCUT2D eigenvalue weighted by atomic mass is 19.1. The summed E-state index contributed by atoms with van der Waals surface area (Å²) in [4.78, 5) is 37.4. The zero-order valence-electron chi connectivity index (χ0n) is 23.2. The third kappa shape index (κ3) is 4.96.